The predicted octanol–water partition coefficient (Wildman–Crippen LogP) is 4.66. The number of aliphatic hydroxyl groups is 1. The minimum absolute atomic E-state index is 0.232. The number of aromatic nitrogens is 1. The number of para-hydroxylation sites is 1. The van der Waals surface area contributed by atoms with Gasteiger partial charge in [0, 0.05) is 48.9 Å². The van der Waals surface area contributed by atoms with Crippen molar-refractivity contribution in [2.45, 2.75) is 37.2 Å². The highest BCUT2D eigenvalue weighted by molar-refractivity contribution is 5.60. The quantitative estimate of drug-likeness (QED) is 0.538. The van der Waals surface area contributed by atoms with Crippen LogP contribution in [0, 0.1) is 17.6 Å². The number of β-amino-alcohol motifs (C(OH)–C–C–N with tert-alkyl or cyclic N) is 1. The van der Waals surface area contributed by atoms with Crippen LogP contribution in [0.2, 0.25) is 0 Å². The van der Waals surface area contributed by atoms with E-state index >= 15 is 0 Å². The van der Waals surface area contributed by atoms with Crippen LogP contribution in [0.5, 0.6) is 0 Å². The van der Waals surface area contributed by atoms with E-state index in [0.717, 1.165) is 64.5 Å². The number of likely N-dealkylation sites (tertiary alicyclic amines) is 1. The maximum Gasteiger partial charge on any atom is 0.297 e. The van der Waals surface area contributed by atoms with E-state index in [9.17, 15) is 13.9 Å². The Morgan fingerprint density at radius 3 is 2.53 bits per heavy atom. The summed E-state index contributed by atoms with van der Waals surface area (Å²) in [6.07, 6.45) is 5.08. The van der Waals surface area contributed by atoms with Gasteiger partial charge in [-0.05, 0) is 68.5 Å². The molecule has 36 heavy (non-hydrogen) atoms. The Balaban J connectivity index is 1.00. The van der Waals surface area contributed by atoms with E-state index in [4.69, 9.17) is 4.42 Å². The first kappa shape index (κ1) is 23.4. The number of oxazole rings is 1. The highest BCUT2D eigenvalue weighted by Gasteiger charge is 2.41. The second-order valence-electron chi connectivity index (χ2n) is 10.5. The maximum absolute atomic E-state index is 13.6. The molecule has 0 aliphatic carbocycles. The van der Waals surface area contributed by atoms with Crippen molar-refractivity contribution in [3.8, 4) is 11.3 Å². The molecule has 3 aromatic rings. The van der Waals surface area contributed by atoms with Gasteiger partial charge in [0.15, 0.2) is 5.76 Å². The van der Waals surface area contributed by atoms with E-state index in [1.54, 1.807) is 0 Å². The molecule has 2 saturated heterocycles. The van der Waals surface area contributed by atoms with Crippen molar-refractivity contribution < 1.29 is 18.3 Å². The second kappa shape index (κ2) is 9.48. The van der Waals surface area contributed by atoms with Crippen LogP contribution in [-0.4, -0.2) is 60.4 Å². The summed E-state index contributed by atoms with van der Waals surface area (Å²) >= 11 is 0. The second-order valence-corrected chi connectivity index (χ2v) is 10.5. The maximum atomic E-state index is 13.6. The molecule has 1 aromatic heterocycles. The molecular formula is C28H32F2N4O2. The molecule has 0 radical (unpaired) electrons. The lowest BCUT2D eigenvalue weighted by Gasteiger charge is -2.41. The fourth-order valence-electron chi connectivity index (χ4n) is 6.20. The van der Waals surface area contributed by atoms with Crippen molar-refractivity contribution in [1.82, 2.24) is 9.88 Å². The summed E-state index contributed by atoms with van der Waals surface area (Å²) in [5.41, 5.74) is 3.29. The summed E-state index contributed by atoms with van der Waals surface area (Å²) < 4.78 is 32.9. The van der Waals surface area contributed by atoms with Crippen molar-refractivity contribution in [2.75, 3.05) is 49.5 Å². The SMILES string of the molecule is OC(CN1CCC2(CC1)CNc1ccccc12)C1CCN(c2ncc(-c3cc(F)cc(F)c3)o2)CC1. The van der Waals surface area contributed by atoms with E-state index in [1.807, 2.05) is 4.90 Å². The van der Waals surface area contributed by atoms with Gasteiger partial charge in [0.2, 0.25) is 0 Å². The van der Waals surface area contributed by atoms with Gasteiger partial charge >= 0.3 is 0 Å². The lowest BCUT2D eigenvalue weighted by atomic mass is 9.74. The summed E-state index contributed by atoms with van der Waals surface area (Å²) in [5, 5.41) is 14.6. The predicted molar refractivity (Wildman–Crippen MR) is 135 cm³/mol. The minimum Gasteiger partial charge on any atom is -0.423 e. The van der Waals surface area contributed by atoms with Gasteiger partial charge in [-0.2, -0.15) is 0 Å². The Morgan fingerprint density at radius 1 is 1.06 bits per heavy atom. The van der Waals surface area contributed by atoms with Gasteiger partial charge < -0.3 is 24.6 Å². The number of piperidine rings is 2. The Kier molecular flexibility index (Phi) is 6.17. The van der Waals surface area contributed by atoms with Gasteiger partial charge in [0.25, 0.3) is 6.01 Å². The van der Waals surface area contributed by atoms with Crippen LogP contribution in [-0.2, 0) is 5.41 Å². The Bertz CT molecular complexity index is 1200. The number of nitrogens with zero attached hydrogens (tertiary/aromatic N) is 3. The Morgan fingerprint density at radius 2 is 1.78 bits per heavy atom. The van der Waals surface area contributed by atoms with E-state index in [1.165, 1.54) is 29.6 Å². The third-order valence-electron chi connectivity index (χ3n) is 8.37. The number of anilines is 2. The van der Waals surface area contributed by atoms with Gasteiger partial charge in [0.1, 0.15) is 11.6 Å². The summed E-state index contributed by atoms with van der Waals surface area (Å²) in [7, 11) is 0. The lowest BCUT2D eigenvalue weighted by Crippen LogP contribution is -2.48. The molecule has 3 aliphatic rings. The van der Waals surface area contributed by atoms with Crippen molar-refractivity contribution in [3.05, 3.63) is 65.9 Å². The number of benzene rings is 2. The van der Waals surface area contributed by atoms with Crippen molar-refractivity contribution in [2.24, 2.45) is 5.92 Å². The number of hydrogen-bond acceptors (Lipinski definition) is 6. The van der Waals surface area contributed by atoms with Crippen molar-refractivity contribution in [3.63, 3.8) is 0 Å². The molecule has 6 nitrogen and oxygen atoms in total. The summed E-state index contributed by atoms with van der Waals surface area (Å²) in [6.45, 7) is 5.19. The van der Waals surface area contributed by atoms with Crippen LogP contribution in [0.25, 0.3) is 11.3 Å². The average molecular weight is 495 g/mol. The molecule has 0 saturated carbocycles. The van der Waals surface area contributed by atoms with Crippen LogP contribution in [0.4, 0.5) is 20.5 Å². The number of rotatable bonds is 5. The van der Waals surface area contributed by atoms with Crippen LogP contribution in [0.15, 0.2) is 53.1 Å². The Labute approximate surface area is 209 Å². The van der Waals surface area contributed by atoms with E-state index in [-0.39, 0.29) is 17.4 Å². The highest BCUT2D eigenvalue weighted by Crippen LogP contribution is 2.44. The number of fused-ring (bicyclic) bond motifs is 2. The Hall–Kier alpha value is -2.97. The minimum atomic E-state index is -0.647. The van der Waals surface area contributed by atoms with Gasteiger partial charge in [-0.1, -0.05) is 18.2 Å². The van der Waals surface area contributed by atoms with E-state index in [0.29, 0.717) is 23.9 Å². The third kappa shape index (κ3) is 4.48. The molecule has 1 unspecified atom stereocenters. The molecule has 190 valence electrons. The number of aliphatic hydroxyl groups excluding tert-OH is 1. The number of halogens is 2. The standard InChI is InChI=1S/C28H32F2N4O2/c29-21-13-20(14-22(30)15-21)26-16-31-27(36-26)34-9-5-19(6-10-34)25(35)17-33-11-7-28(8-12-33)18-32-24-4-2-1-3-23(24)28/h1-4,13-16,19,25,32,35H,5-12,17-18H2. The number of nitrogens with one attached hydrogen (secondary N) is 1. The highest BCUT2D eigenvalue weighted by atomic mass is 19.1. The molecule has 0 bridgehead atoms. The molecule has 1 atom stereocenters. The molecule has 0 amide bonds. The van der Waals surface area contributed by atoms with Gasteiger partial charge in [0.05, 0.1) is 12.3 Å². The fraction of sp³-hybridized carbons (Fsp3) is 0.464. The summed E-state index contributed by atoms with van der Waals surface area (Å²) in [4.78, 5) is 8.79. The van der Waals surface area contributed by atoms with E-state index < -0.39 is 11.6 Å². The monoisotopic (exact) mass is 494 g/mol. The van der Waals surface area contributed by atoms with Crippen LogP contribution < -0.4 is 10.2 Å². The first-order valence-electron chi connectivity index (χ1n) is 12.9. The zero-order chi connectivity index (χ0) is 24.7. The molecule has 8 heteroatoms. The molecule has 2 N–H and O–H groups in total. The largest absolute Gasteiger partial charge is 0.423 e. The van der Waals surface area contributed by atoms with Crippen LogP contribution >= 0.6 is 0 Å². The van der Waals surface area contributed by atoms with Crippen LogP contribution in [0.1, 0.15) is 31.2 Å². The lowest BCUT2D eigenvalue weighted by molar-refractivity contribution is 0.0385. The molecule has 3 aliphatic heterocycles. The van der Waals surface area contributed by atoms with Crippen molar-refractivity contribution >= 4 is 11.7 Å². The summed E-state index contributed by atoms with van der Waals surface area (Å²) in [6, 6.07) is 12.4. The first-order valence-corrected chi connectivity index (χ1v) is 12.9. The zero-order valence-electron chi connectivity index (χ0n) is 20.3. The molecule has 4 heterocycles. The van der Waals surface area contributed by atoms with Gasteiger partial charge in [-0.25, -0.2) is 13.8 Å². The van der Waals surface area contributed by atoms with Crippen LogP contribution in [0.3, 0.4) is 0 Å². The molecule has 1 spiro atoms. The third-order valence-corrected chi connectivity index (χ3v) is 8.37. The van der Waals surface area contributed by atoms with E-state index in [2.05, 4.69) is 39.5 Å². The van der Waals surface area contributed by atoms with Gasteiger partial charge in [-0.3, -0.25) is 0 Å². The smallest absolute Gasteiger partial charge is 0.297 e. The molecule has 2 fully saturated rings. The van der Waals surface area contributed by atoms with Crippen molar-refractivity contribution in [1.29, 1.82) is 0 Å². The first-order chi connectivity index (χ1) is 17.5. The average Bonchev–Trinajstić information content (AvgIpc) is 3.52. The topological polar surface area (TPSA) is 64.8 Å². The number of hydrogen-bond donors (Lipinski definition) is 2. The molecule has 2 aromatic carbocycles. The fourth-order valence-corrected chi connectivity index (χ4v) is 6.20. The zero-order valence-corrected chi connectivity index (χ0v) is 20.3. The molecular weight excluding hydrogens is 462 g/mol. The summed E-state index contributed by atoms with van der Waals surface area (Å²) in [5.74, 6) is -0.719. The molecule has 6 rings (SSSR count). The van der Waals surface area contributed by atoms with Gasteiger partial charge in [-0.15, -0.1) is 0 Å². The normalized spacial score (nSPS) is 20.9.